The number of aliphatic hydroxyl groups is 1. The highest BCUT2D eigenvalue weighted by Crippen LogP contribution is 2.27. The van der Waals surface area contributed by atoms with Gasteiger partial charge in [0.25, 0.3) is 0 Å². The lowest BCUT2D eigenvalue weighted by molar-refractivity contribution is -0.128. The first-order valence-corrected chi connectivity index (χ1v) is 4.09. The molecule has 0 amide bonds. The van der Waals surface area contributed by atoms with Gasteiger partial charge in [-0.05, 0) is 5.92 Å². The van der Waals surface area contributed by atoms with Crippen molar-refractivity contribution in [2.24, 2.45) is 5.92 Å². The standard InChI is InChI=1S/C8H16FNO/c1-7(2)8(11)5-10(6-8)4-3-9/h7,11H,3-6H2,1-2H3. The van der Waals surface area contributed by atoms with Gasteiger partial charge in [-0.15, -0.1) is 0 Å². The molecular formula is C8H16FNO. The van der Waals surface area contributed by atoms with E-state index in [4.69, 9.17) is 0 Å². The van der Waals surface area contributed by atoms with Gasteiger partial charge in [0.15, 0.2) is 0 Å². The minimum Gasteiger partial charge on any atom is -0.387 e. The molecule has 1 aliphatic rings. The summed E-state index contributed by atoms with van der Waals surface area (Å²) < 4.78 is 11.8. The second-order valence-electron chi connectivity index (χ2n) is 3.66. The second-order valence-corrected chi connectivity index (χ2v) is 3.66. The number of likely N-dealkylation sites (tertiary alicyclic amines) is 1. The van der Waals surface area contributed by atoms with E-state index in [2.05, 4.69) is 0 Å². The van der Waals surface area contributed by atoms with Crippen molar-refractivity contribution >= 4 is 0 Å². The van der Waals surface area contributed by atoms with Gasteiger partial charge in [-0.1, -0.05) is 13.8 Å². The van der Waals surface area contributed by atoms with Gasteiger partial charge in [0, 0.05) is 19.6 Å². The SMILES string of the molecule is CC(C)C1(O)CN(CCF)C1. The van der Waals surface area contributed by atoms with Crippen LogP contribution in [0.3, 0.4) is 0 Å². The van der Waals surface area contributed by atoms with Gasteiger partial charge in [0.05, 0.1) is 5.60 Å². The van der Waals surface area contributed by atoms with Crippen LogP contribution in [0.15, 0.2) is 0 Å². The third-order valence-corrected chi connectivity index (χ3v) is 2.47. The normalized spacial score (nSPS) is 23.7. The van der Waals surface area contributed by atoms with E-state index in [1.807, 2.05) is 18.7 Å². The molecule has 0 radical (unpaired) electrons. The number of alkyl halides is 1. The molecule has 0 spiro atoms. The Bertz CT molecular complexity index is 132. The zero-order valence-corrected chi connectivity index (χ0v) is 7.18. The number of β-amino-alcohol motifs (C(OH)–C–C–N with tert-alkyl or cyclic N) is 1. The molecule has 1 rings (SSSR count). The van der Waals surface area contributed by atoms with Crippen molar-refractivity contribution in [3.8, 4) is 0 Å². The first-order valence-electron chi connectivity index (χ1n) is 4.09. The molecule has 0 aromatic carbocycles. The van der Waals surface area contributed by atoms with Crippen LogP contribution in [0.5, 0.6) is 0 Å². The van der Waals surface area contributed by atoms with Gasteiger partial charge in [0.2, 0.25) is 0 Å². The van der Waals surface area contributed by atoms with Gasteiger partial charge in [-0.25, -0.2) is 4.39 Å². The Labute approximate surface area is 67.0 Å². The van der Waals surface area contributed by atoms with Crippen LogP contribution < -0.4 is 0 Å². The molecular weight excluding hydrogens is 145 g/mol. The Balaban J connectivity index is 2.26. The van der Waals surface area contributed by atoms with E-state index in [0.29, 0.717) is 19.6 Å². The van der Waals surface area contributed by atoms with Gasteiger partial charge in [-0.2, -0.15) is 0 Å². The highest BCUT2D eigenvalue weighted by Gasteiger charge is 2.42. The Morgan fingerprint density at radius 1 is 1.55 bits per heavy atom. The lowest BCUT2D eigenvalue weighted by Gasteiger charge is -2.48. The van der Waals surface area contributed by atoms with E-state index < -0.39 is 5.60 Å². The fourth-order valence-electron chi connectivity index (χ4n) is 1.37. The molecule has 0 unspecified atom stereocenters. The summed E-state index contributed by atoms with van der Waals surface area (Å²) in [4.78, 5) is 1.93. The minimum atomic E-state index is -0.546. The molecule has 0 aliphatic carbocycles. The zero-order chi connectivity index (χ0) is 8.48. The highest BCUT2D eigenvalue weighted by molar-refractivity contribution is 4.97. The molecule has 1 aliphatic heterocycles. The van der Waals surface area contributed by atoms with Crippen molar-refractivity contribution < 1.29 is 9.50 Å². The Kier molecular flexibility index (Phi) is 2.50. The number of hydrogen-bond acceptors (Lipinski definition) is 2. The van der Waals surface area contributed by atoms with Crippen molar-refractivity contribution in [3.05, 3.63) is 0 Å². The summed E-state index contributed by atoms with van der Waals surface area (Å²) in [5, 5.41) is 9.72. The number of nitrogens with zero attached hydrogens (tertiary/aromatic N) is 1. The Morgan fingerprint density at radius 2 is 2.09 bits per heavy atom. The van der Waals surface area contributed by atoms with E-state index in [-0.39, 0.29) is 12.6 Å². The molecule has 1 fully saturated rings. The van der Waals surface area contributed by atoms with Gasteiger partial charge < -0.3 is 5.11 Å². The third kappa shape index (κ3) is 1.71. The van der Waals surface area contributed by atoms with Crippen LogP contribution in [-0.2, 0) is 0 Å². The van der Waals surface area contributed by atoms with Crippen LogP contribution in [0, 0.1) is 5.92 Å². The van der Waals surface area contributed by atoms with E-state index in [1.165, 1.54) is 0 Å². The van der Waals surface area contributed by atoms with Gasteiger partial charge in [-0.3, -0.25) is 4.90 Å². The maximum Gasteiger partial charge on any atom is 0.102 e. The van der Waals surface area contributed by atoms with Crippen LogP contribution in [0.25, 0.3) is 0 Å². The highest BCUT2D eigenvalue weighted by atomic mass is 19.1. The monoisotopic (exact) mass is 161 g/mol. The first kappa shape index (κ1) is 8.94. The summed E-state index contributed by atoms with van der Waals surface area (Å²) in [5.41, 5.74) is -0.546. The second kappa shape index (κ2) is 3.07. The van der Waals surface area contributed by atoms with Crippen LogP contribution >= 0.6 is 0 Å². The predicted molar refractivity (Wildman–Crippen MR) is 42.2 cm³/mol. The maximum absolute atomic E-state index is 11.8. The zero-order valence-electron chi connectivity index (χ0n) is 7.18. The smallest absolute Gasteiger partial charge is 0.102 e. The van der Waals surface area contributed by atoms with Crippen molar-refractivity contribution in [3.63, 3.8) is 0 Å². The van der Waals surface area contributed by atoms with Crippen LogP contribution in [-0.4, -0.2) is 41.9 Å². The summed E-state index contributed by atoms with van der Waals surface area (Å²) in [6, 6.07) is 0. The van der Waals surface area contributed by atoms with Gasteiger partial charge >= 0.3 is 0 Å². The summed E-state index contributed by atoms with van der Waals surface area (Å²) >= 11 is 0. The third-order valence-electron chi connectivity index (χ3n) is 2.47. The van der Waals surface area contributed by atoms with Crippen molar-refractivity contribution in [2.75, 3.05) is 26.3 Å². The van der Waals surface area contributed by atoms with Crippen LogP contribution in [0.1, 0.15) is 13.8 Å². The average Bonchev–Trinajstić information content (AvgIpc) is 1.84. The molecule has 1 saturated heterocycles. The molecule has 1 N–H and O–H groups in total. The molecule has 1 heterocycles. The minimum absolute atomic E-state index is 0.276. The first-order chi connectivity index (χ1) is 5.08. The van der Waals surface area contributed by atoms with E-state index in [0.717, 1.165) is 0 Å². The number of halogens is 1. The number of rotatable bonds is 3. The predicted octanol–water partition coefficient (Wildman–Crippen LogP) is 0.659. The fourth-order valence-corrected chi connectivity index (χ4v) is 1.37. The molecule has 66 valence electrons. The Hall–Kier alpha value is -0.150. The molecule has 0 bridgehead atoms. The molecule has 11 heavy (non-hydrogen) atoms. The molecule has 3 heteroatoms. The van der Waals surface area contributed by atoms with Crippen LogP contribution in [0.2, 0.25) is 0 Å². The van der Waals surface area contributed by atoms with E-state index >= 15 is 0 Å². The van der Waals surface area contributed by atoms with E-state index in [1.54, 1.807) is 0 Å². The topological polar surface area (TPSA) is 23.5 Å². The fraction of sp³-hybridized carbons (Fsp3) is 1.00. The largest absolute Gasteiger partial charge is 0.387 e. The number of hydrogen-bond donors (Lipinski definition) is 1. The quantitative estimate of drug-likeness (QED) is 0.657. The summed E-state index contributed by atoms with van der Waals surface area (Å²) in [6.07, 6.45) is 0. The van der Waals surface area contributed by atoms with Crippen molar-refractivity contribution in [2.45, 2.75) is 19.4 Å². The van der Waals surface area contributed by atoms with Crippen molar-refractivity contribution in [1.82, 2.24) is 4.90 Å². The molecule has 2 nitrogen and oxygen atoms in total. The Morgan fingerprint density at radius 3 is 2.45 bits per heavy atom. The van der Waals surface area contributed by atoms with Crippen molar-refractivity contribution in [1.29, 1.82) is 0 Å². The average molecular weight is 161 g/mol. The maximum atomic E-state index is 11.8. The molecule has 0 aromatic rings. The summed E-state index contributed by atoms with van der Waals surface area (Å²) in [5.74, 6) is 0.276. The summed E-state index contributed by atoms with van der Waals surface area (Å²) in [6.45, 7) is 5.41. The van der Waals surface area contributed by atoms with Gasteiger partial charge in [0.1, 0.15) is 6.67 Å². The molecule has 0 saturated carbocycles. The summed E-state index contributed by atoms with van der Waals surface area (Å²) in [7, 11) is 0. The lowest BCUT2D eigenvalue weighted by Crippen LogP contribution is -2.64. The van der Waals surface area contributed by atoms with Crippen LogP contribution in [0.4, 0.5) is 4.39 Å². The van der Waals surface area contributed by atoms with E-state index in [9.17, 15) is 9.50 Å². The molecule has 0 aromatic heterocycles. The molecule has 0 atom stereocenters. The lowest BCUT2D eigenvalue weighted by atomic mass is 9.83.